The lowest BCUT2D eigenvalue weighted by Gasteiger charge is -2.26. The van der Waals surface area contributed by atoms with Gasteiger partial charge in [-0.3, -0.25) is 4.79 Å². The summed E-state index contributed by atoms with van der Waals surface area (Å²) in [5, 5.41) is 7.01. The third-order valence-corrected chi connectivity index (χ3v) is 3.76. The molecule has 0 spiro atoms. The van der Waals surface area contributed by atoms with Crippen LogP contribution in [0.5, 0.6) is 5.75 Å². The molecule has 0 aliphatic carbocycles. The molecule has 0 fully saturated rings. The van der Waals surface area contributed by atoms with E-state index >= 15 is 0 Å². The molecule has 1 aromatic carbocycles. The maximum absolute atomic E-state index is 12.5. The van der Waals surface area contributed by atoms with Gasteiger partial charge in [-0.1, -0.05) is 30.3 Å². The number of nitrogens with zero attached hydrogens (tertiary/aromatic N) is 1. The minimum absolute atomic E-state index is 0.0403. The second-order valence-electron chi connectivity index (χ2n) is 5.12. The lowest BCUT2D eigenvalue weighted by atomic mass is 10.00. The normalized spacial score (nSPS) is 17.0. The highest BCUT2D eigenvalue weighted by Gasteiger charge is 2.26. The Kier molecular flexibility index (Phi) is 3.64. The second-order valence-corrected chi connectivity index (χ2v) is 5.12. The van der Waals surface area contributed by atoms with Crippen molar-refractivity contribution in [3.8, 4) is 5.75 Å². The number of rotatable bonds is 3. The lowest BCUT2D eigenvalue weighted by Crippen LogP contribution is -2.32. The van der Waals surface area contributed by atoms with Gasteiger partial charge in [0, 0.05) is 12.0 Å². The highest BCUT2D eigenvalue weighted by molar-refractivity contribution is 5.96. The Labute approximate surface area is 123 Å². The molecule has 5 heteroatoms. The molecule has 3 rings (SSSR count). The SMILES string of the molecule is CCc1noc(C)c1C(=O)NC1CCOc2ccccc21. The van der Waals surface area contributed by atoms with E-state index in [-0.39, 0.29) is 11.9 Å². The van der Waals surface area contributed by atoms with Crippen molar-refractivity contribution in [2.24, 2.45) is 0 Å². The number of carbonyl (C=O) groups excluding carboxylic acids is 1. The number of carbonyl (C=O) groups is 1. The van der Waals surface area contributed by atoms with Crippen molar-refractivity contribution in [3.05, 3.63) is 46.8 Å². The summed E-state index contributed by atoms with van der Waals surface area (Å²) in [5.74, 6) is 1.27. The van der Waals surface area contributed by atoms with Gasteiger partial charge in [-0.15, -0.1) is 0 Å². The summed E-state index contributed by atoms with van der Waals surface area (Å²) in [6.45, 7) is 4.32. The average molecular weight is 286 g/mol. The van der Waals surface area contributed by atoms with Crippen LogP contribution in [0.3, 0.4) is 0 Å². The number of nitrogens with one attached hydrogen (secondary N) is 1. The molecule has 21 heavy (non-hydrogen) atoms. The van der Waals surface area contributed by atoms with E-state index in [0.29, 0.717) is 30.0 Å². The van der Waals surface area contributed by atoms with Crippen LogP contribution in [0.25, 0.3) is 0 Å². The van der Waals surface area contributed by atoms with Gasteiger partial charge in [0.05, 0.1) is 18.3 Å². The van der Waals surface area contributed by atoms with Crippen LogP contribution >= 0.6 is 0 Å². The summed E-state index contributed by atoms with van der Waals surface area (Å²) >= 11 is 0. The molecule has 1 N–H and O–H groups in total. The Morgan fingerprint density at radius 1 is 1.43 bits per heavy atom. The maximum atomic E-state index is 12.5. The zero-order chi connectivity index (χ0) is 14.8. The van der Waals surface area contributed by atoms with Crippen molar-refractivity contribution in [2.45, 2.75) is 32.7 Å². The first-order valence-corrected chi connectivity index (χ1v) is 7.18. The zero-order valence-electron chi connectivity index (χ0n) is 12.2. The van der Waals surface area contributed by atoms with Gasteiger partial charge in [0.1, 0.15) is 17.1 Å². The van der Waals surface area contributed by atoms with E-state index in [4.69, 9.17) is 9.26 Å². The van der Waals surface area contributed by atoms with Gasteiger partial charge < -0.3 is 14.6 Å². The van der Waals surface area contributed by atoms with Gasteiger partial charge in [-0.05, 0) is 19.4 Å². The molecular weight excluding hydrogens is 268 g/mol. The number of fused-ring (bicyclic) bond motifs is 1. The van der Waals surface area contributed by atoms with Crippen LogP contribution in [0, 0.1) is 6.92 Å². The number of hydrogen-bond acceptors (Lipinski definition) is 4. The van der Waals surface area contributed by atoms with Crippen LogP contribution in [-0.4, -0.2) is 17.7 Å². The molecule has 1 amide bonds. The lowest BCUT2D eigenvalue weighted by molar-refractivity contribution is 0.0922. The fraction of sp³-hybridized carbons (Fsp3) is 0.375. The topological polar surface area (TPSA) is 64.4 Å². The molecule has 1 aliphatic heterocycles. The summed E-state index contributed by atoms with van der Waals surface area (Å²) in [4.78, 5) is 12.5. The second kappa shape index (κ2) is 5.60. The van der Waals surface area contributed by atoms with Crippen molar-refractivity contribution in [1.82, 2.24) is 10.5 Å². The molecule has 2 heterocycles. The van der Waals surface area contributed by atoms with Crippen LogP contribution in [0.15, 0.2) is 28.8 Å². The van der Waals surface area contributed by atoms with E-state index < -0.39 is 0 Å². The molecule has 1 unspecified atom stereocenters. The Morgan fingerprint density at radius 3 is 3.05 bits per heavy atom. The molecular formula is C16H18N2O3. The maximum Gasteiger partial charge on any atom is 0.257 e. The van der Waals surface area contributed by atoms with E-state index in [0.717, 1.165) is 17.7 Å². The van der Waals surface area contributed by atoms with Crippen LogP contribution in [0.1, 0.15) is 46.8 Å². The largest absolute Gasteiger partial charge is 0.493 e. The van der Waals surface area contributed by atoms with Crippen LogP contribution < -0.4 is 10.1 Å². The first-order valence-electron chi connectivity index (χ1n) is 7.18. The first-order chi connectivity index (χ1) is 10.2. The molecule has 0 saturated carbocycles. The van der Waals surface area contributed by atoms with Crippen LogP contribution in [0.4, 0.5) is 0 Å². The van der Waals surface area contributed by atoms with Crippen molar-refractivity contribution >= 4 is 5.91 Å². The summed E-state index contributed by atoms with van der Waals surface area (Å²) < 4.78 is 10.7. The standard InChI is InChI=1S/C16H18N2O3/c1-3-12-15(10(2)21-18-12)16(19)17-13-8-9-20-14-7-5-4-6-11(13)14/h4-7,13H,3,8-9H2,1-2H3,(H,17,19). The number of aryl methyl sites for hydroxylation is 2. The first kappa shape index (κ1) is 13.7. The van der Waals surface area contributed by atoms with Crippen molar-refractivity contribution in [1.29, 1.82) is 0 Å². The van der Waals surface area contributed by atoms with Crippen LogP contribution in [-0.2, 0) is 6.42 Å². The average Bonchev–Trinajstić information content (AvgIpc) is 2.88. The minimum atomic E-state index is -0.132. The molecule has 1 aliphatic rings. The molecule has 0 radical (unpaired) electrons. The highest BCUT2D eigenvalue weighted by atomic mass is 16.5. The van der Waals surface area contributed by atoms with Gasteiger partial charge in [0.15, 0.2) is 0 Å². The van der Waals surface area contributed by atoms with E-state index in [1.165, 1.54) is 0 Å². The summed E-state index contributed by atoms with van der Waals surface area (Å²) in [6.07, 6.45) is 1.43. The Hall–Kier alpha value is -2.30. The Bertz CT molecular complexity index is 663. The predicted molar refractivity (Wildman–Crippen MR) is 77.4 cm³/mol. The Morgan fingerprint density at radius 2 is 2.24 bits per heavy atom. The summed E-state index contributed by atoms with van der Waals surface area (Å²) in [7, 11) is 0. The van der Waals surface area contributed by atoms with E-state index in [1.807, 2.05) is 31.2 Å². The fourth-order valence-corrected chi connectivity index (χ4v) is 2.67. The zero-order valence-corrected chi connectivity index (χ0v) is 12.2. The quantitative estimate of drug-likeness (QED) is 0.942. The third kappa shape index (κ3) is 2.51. The molecule has 0 saturated heterocycles. The van der Waals surface area contributed by atoms with E-state index in [1.54, 1.807) is 6.92 Å². The van der Waals surface area contributed by atoms with Gasteiger partial charge >= 0.3 is 0 Å². The van der Waals surface area contributed by atoms with Gasteiger partial charge in [-0.2, -0.15) is 0 Å². The summed E-state index contributed by atoms with van der Waals surface area (Å²) in [5.41, 5.74) is 2.27. The van der Waals surface area contributed by atoms with Gasteiger partial charge in [0.25, 0.3) is 5.91 Å². The molecule has 1 atom stereocenters. The van der Waals surface area contributed by atoms with Crippen molar-refractivity contribution in [3.63, 3.8) is 0 Å². The van der Waals surface area contributed by atoms with Crippen LogP contribution in [0.2, 0.25) is 0 Å². The number of para-hydroxylation sites is 1. The molecule has 1 aromatic heterocycles. The van der Waals surface area contributed by atoms with Gasteiger partial charge in [-0.25, -0.2) is 0 Å². The third-order valence-electron chi connectivity index (χ3n) is 3.76. The molecule has 2 aromatic rings. The number of hydrogen-bond donors (Lipinski definition) is 1. The molecule has 0 bridgehead atoms. The van der Waals surface area contributed by atoms with E-state index in [2.05, 4.69) is 10.5 Å². The van der Waals surface area contributed by atoms with E-state index in [9.17, 15) is 4.79 Å². The van der Waals surface area contributed by atoms with Gasteiger partial charge in [0.2, 0.25) is 0 Å². The van der Waals surface area contributed by atoms with Crippen molar-refractivity contribution < 1.29 is 14.1 Å². The number of amides is 1. The van der Waals surface area contributed by atoms with Crippen molar-refractivity contribution in [2.75, 3.05) is 6.61 Å². The highest BCUT2D eigenvalue weighted by Crippen LogP contribution is 2.32. The summed E-state index contributed by atoms with van der Waals surface area (Å²) in [6, 6.07) is 7.76. The number of aromatic nitrogens is 1. The minimum Gasteiger partial charge on any atom is -0.493 e. The number of ether oxygens (including phenoxy) is 1. The monoisotopic (exact) mass is 286 g/mol. The smallest absolute Gasteiger partial charge is 0.257 e. The predicted octanol–water partition coefficient (Wildman–Crippen LogP) is 2.80. The fourth-order valence-electron chi connectivity index (χ4n) is 2.67. The molecule has 110 valence electrons. The molecule has 5 nitrogen and oxygen atoms in total. The Balaban J connectivity index is 1.84. The number of benzene rings is 1.